The third kappa shape index (κ3) is 5.83. The molecule has 1 heteroatoms. The fraction of sp³-hybridized carbons (Fsp3) is 0.152. The average molecular weight is 443 g/mol. The van der Waals surface area contributed by atoms with Crippen LogP contribution in [0.2, 0.25) is 0 Å². The lowest BCUT2D eigenvalue weighted by Crippen LogP contribution is -1.92. The van der Waals surface area contributed by atoms with E-state index in [9.17, 15) is 4.39 Å². The van der Waals surface area contributed by atoms with Gasteiger partial charge in [0.25, 0.3) is 0 Å². The minimum Gasteiger partial charge on any atom is -0.206 e. The molecule has 34 heavy (non-hydrogen) atoms. The maximum Gasteiger partial charge on any atom is 0.134 e. The molecule has 0 aliphatic heterocycles. The number of halogens is 1. The summed E-state index contributed by atoms with van der Waals surface area (Å²) in [5.74, 6) is 12.7. The van der Waals surface area contributed by atoms with Crippen molar-refractivity contribution in [3.63, 3.8) is 0 Å². The van der Waals surface area contributed by atoms with Gasteiger partial charge in [0, 0.05) is 27.6 Å². The van der Waals surface area contributed by atoms with E-state index in [0.29, 0.717) is 11.8 Å². The van der Waals surface area contributed by atoms with Crippen LogP contribution in [0.3, 0.4) is 0 Å². The van der Waals surface area contributed by atoms with Crippen LogP contribution in [0.15, 0.2) is 91.5 Å². The topological polar surface area (TPSA) is 0 Å². The number of hydrogen-bond acceptors (Lipinski definition) is 0. The second kappa shape index (κ2) is 11.2. The zero-order chi connectivity index (χ0) is 23.8. The first-order valence-electron chi connectivity index (χ1n) is 11.7. The standard InChI is InChI=1S/C33H27F/c1-3-5-7-30-21-22-31-24-29(20-23-32(31)33(30)34)19-18-28-16-14-27(15-17-28)13-12-26-10-8-25(6-4-2)9-11-26/h3,8-11,14-17,20-24H,1,4-7H2,2H3. The Balaban J connectivity index is 1.46. The summed E-state index contributed by atoms with van der Waals surface area (Å²) in [5, 5.41) is 1.50. The first kappa shape index (κ1) is 23.1. The molecule has 4 rings (SSSR count). The maximum atomic E-state index is 14.8. The van der Waals surface area contributed by atoms with Crippen molar-refractivity contribution in [1.82, 2.24) is 0 Å². The first-order chi connectivity index (χ1) is 16.7. The molecule has 4 aromatic carbocycles. The van der Waals surface area contributed by atoms with Gasteiger partial charge in [0.1, 0.15) is 5.82 Å². The van der Waals surface area contributed by atoms with E-state index >= 15 is 0 Å². The summed E-state index contributed by atoms with van der Waals surface area (Å²) < 4.78 is 14.8. The van der Waals surface area contributed by atoms with Crippen LogP contribution < -0.4 is 0 Å². The normalized spacial score (nSPS) is 10.2. The molecule has 0 nitrogen and oxygen atoms in total. The molecule has 0 aliphatic rings. The minimum atomic E-state index is -0.146. The van der Waals surface area contributed by atoms with Gasteiger partial charge in [-0.1, -0.05) is 73.4 Å². The molecular weight excluding hydrogens is 415 g/mol. The van der Waals surface area contributed by atoms with Gasteiger partial charge < -0.3 is 0 Å². The van der Waals surface area contributed by atoms with E-state index < -0.39 is 0 Å². The molecule has 0 spiro atoms. The highest BCUT2D eigenvalue weighted by Crippen LogP contribution is 2.23. The van der Waals surface area contributed by atoms with Gasteiger partial charge in [-0.15, -0.1) is 6.58 Å². The highest BCUT2D eigenvalue weighted by molar-refractivity contribution is 5.85. The number of allylic oxidation sites excluding steroid dienone is 1. The Kier molecular flexibility index (Phi) is 7.60. The van der Waals surface area contributed by atoms with Crippen LogP contribution >= 0.6 is 0 Å². The predicted molar refractivity (Wildman–Crippen MR) is 141 cm³/mol. The molecule has 0 aromatic heterocycles. The molecule has 0 saturated heterocycles. The smallest absolute Gasteiger partial charge is 0.134 e. The van der Waals surface area contributed by atoms with E-state index in [2.05, 4.69) is 61.4 Å². The number of benzene rings is 4. The average Bonchev–Trinajstić information content (AvgIpc) is 2.87. The monoisotopic (exact) mass is 442 g/mol. The summed E-state index contributed by atoms with van der Waals surface area (Å²) >= 11 is 0. The SMILES string of the molecule is C=CCCc1ccc2cc(C#Cc3ccc(C#Cc4ccc(CCC)cc4)cc3)ccc2c1F. The molecule has 0 unspecified atom stereocenters. The third-order valence-electron chi connectivity index (χ3n) is 5.73. The van der Waals surface area contributed by atoms with Gasteiger partial charge in [-0.05, 0) is 84.3 Å². The molecular formula is C33H27F. The molecule has 0 heterocycles. The van der Waals surface area contributed by atoms with Crippen molar-refractivity contribution >= 4 is 10.8 Å². The molecule has 0 bridgehead atoms. The second-order valence-corrected chi connectivity index (χ2v) is 8.33. The zero-order valence-electron chi connectivity index (χ0n) is 19.5. The minimum absolute atomic E-state index is 0.146. The Morgan fingerprint density at radius 2 is 1.26 bits per heavy atom. The number of aryl methyl sites for hydroxylation is 2. The van der Waals surface area contributed by atoms with Gasteiger partial charge in [-0.25, -0.2) is 4.39 Å². The van der Waals surface area contributed by atoms with E-state index in [0.717, 1.165) is 52.5 Å². The summed E-state index contributed by atoms with van der Waals surface area (Å²) in [4.78, 5) is 0. The zero-order valence-corrected chi connectivity index (χ0v) is 19.5. The van der Waals surface area contributed by atoms with Crippen molar-refractivity contribution in [3.8, 4) is 23.7 Å². The molecule has 0 atom stereocenters. The Labute approximate surface area is 202 Å². The van der Waals surface area contributed by atoms with Crippen LogP contribution in [-0.2, 0) is 12.8 Å². The lowest BCUT2D eigenvalue weighted by Gasteiger charge is -2.06. The highest BCUT2D eigenvalue weighted by Gasteiger charge is 2.07. The second-order valence-electron chi connectivity index (χ2n) is 8.33. The lowest BCUT2D eigenvalue weighted by atomic mass is 10.0. The van der Waals surface area contributed by atoms with E-state index in [4.69, 9.17) is 0 Å². The van der Waals surface area contributed by atoms with Gasteiger partial charge in [0.2, 0.25) is 0 Å². The Bertz CT molecular complexity index is 1420. The largest absolute Gasteiger partial charge is 0.206 e. The van der Waals surface area contributed by atoms with Crippen LogP contribution in [-0.4, -0.2) is 0 Å². The van der Waals surface area contributed by atoms with Crippen molar-refractivity contribution in [1.29, 1.82) is 0 Å². The number of fused-ring (bicyclic) bond motifs is 1. The van der Waals surface area contributed by atoms with E-state index in [-0.39, 0.29) is 5.82 Å². The fourth-order valence-corrected chi connectivity index (χ4v) is 3.83. The van der Waals surface area contributed by atoms with Crippen LogP contribution in [0, 0.1) is 29.5 Å². The third-order valence-corrected chi connectivity index (χ3v) is 5.73. The summed E-state index contributed by atoms with van der Waals surface area (Å²) in [5.41, 5.74) is 5.83. The molecule has 4 aromatic rings. The van der Waals surface area contributed by atoms with Crippen LogP contribution in [0.4, 0.5) is 4.39 Å². The van der Waals surface area contributed by atoms with Crippen molar-refractivity contribution in [2.24, 2.45) is 0 Å². The van der Waals surface area contributed by atoms with Gasteiger partial charge >= 0.3 is 0 Å². The van der Waals surface area contributed by atoms with Gasteiger partial charge in [0.15, 0.2) is 0 Å². The van der Waals surface area contributed by atoms with Crippen LogP contribution in [0.1, 0.15) is 53.1 Å². The Morgan fingerprint density at radius 3 is 1.85 bits per heavy atom. The molecule has 0 N–H and O–H groups in total. The van der Waals surface area contributed by atoms with Crippen molar-refractivity contribution in [2.75, 3.05) is 0 Å². The molecule has 166 valence electrons. The molecule has 0 aliphatic carbocycles. The summed E-state index contributed by atoms with van der Waals surface area (Å²) in [7, 11) is 0. The van der Waals surface area contributed by atoms with E-state index in [1.807, 2.05) is 60.7 Å². The Morgan fingerprint density at radius 1 is 0.706 bits per heavy atom. The van der Waals surface area contributed by atoms with Crippen molar-refractivity contribution in [3.05, 3.63) is 131 Å². The van der Waals surface area contributed by atoms with Crippen LogP contribution in [0.5, 0.6) is 0 Å². The number of rotatable bonds is 5. The van der Waals surface area contributed by atoms with E-state index in [1.54, 1.807) is 0 Å². The van der Waals surface area contributed by atoms with E-state index in [1.165, 1.54) is 5.56 Å². The van der Waals surface area contributed by atoms with Crippen LogP contribution in [0.25, 0.3) is 10.8 Å². The van der Waals surface area contributed by atoms with Crippen molar-refractivity contribution in [2.45, 2.75) is 32.6 Å². The highest BCUT2D eigenvalue weighted by atomic mass is 19.1. The fourth-order valence-electron chi connectivity index (χ4n) is 3.83. The first-order valence-corrected chi connectivity index (χ1v) is 11.7. The van der Waals surface area contributed by atoms with Gasteiger partial charge in [-0.2, -0.15) is 0 Å². The molecule has 0 radical (unpaired) electrons. The summed E-state index contributed by atoms with van der Waals surface area (Å²) in [6, 6.07) is 25.9. The number of hydrogen-bond donors (Lipinski definition) is 0. The molecule has 0 amide bonds. The Hall–Kier alpha value is -4.07. The van der Waals surface area contributed by atoms with Crippen molar-refractivity contribution < 1.29 is 4.39 Å². The predicted octanol–water partition coefficient (Wildman–Crippen LogP) is 7.85. The maximum absolute atomic E-state index is 14.8. The van der Waals surface area contributed by atoms with Gasteiger partial charge in [0.05, 0.1) is 0 Å². The molecule has 0 fully saturated rings. The summed E-state index contributed by atoms with van der Waals surface area (Å²) in [6.45, 7) is 5.90. The quantitative estimate of drug-likeness (QED) is 0.218. The van der Waals surface area contributed by atoms with Gasteiger partial charge in [-0.3, -0.25) is 0 Å². The molecule has 0 saturated carbocycles. The summed E-state index contributed by atoms with van der Waals surface area (Å²) in [6.07, 6.45) is 5.49. The lowest BCUT2D eigenvalue weighted by molar-refractivity contribution is 0.621.